The smallest absolute Gasteiger partial charge is 0.251 e. The quantitative estimate of drug-likeness (QED) is 0.474. The molecular formula is C25H27N3O4S. The summed E-state index contributed by atoms with van der Waals surface area (Å²) >= 11 is 0. The highest BCUT2D eigenvalue weighted by Gasteiger charge is 2.17. The van der Waals surface area contributed by atoms with Crippen molar-refractivity contribution in [1.29, 1.82) is 0 Å². The van der Waals surface area contributed by atoms with Gasteiger partial charge in [0, 0.05) is 17.8 Å². The average Bonchev–Trinajstić information content (AvgIpc) is 2.79. The van der Waals surface area contributed by atoms with Crippen molar-refractivity contribution < 1.29 is 18.0 Å². The van der Waals surface area contributed by atoms with E-state index in [4.69, 9.17) is 0 Å². The number of carbonyl (C=O) groups is 2. The van der Waals surface area contributed by atoms with Crippen LogP contribution < -0.4 is 15.4 Å². The van der Waals surface area contributed by atoms with Crippen LogP contribution in [0.15, 0.2) is 71.6 Å². The third kappa shape index (κ3) is 6.50. The number of amides is 2. The molecule has 0 aliphatic carbocycles. The van der Waals surface area contributed by atoms with E-state index in [1.54, 1.807) is 0 Å². The van der Waals surface area contributed by atoms with Gasteiger partial charge in [0.25, 0.3) is 5.91 Å². The molecule has 0 radical (unpaired) electrons. The highest BCUT2D eigenvalue weighted by Crippen LogP contribution is 2.21. The number of hydrogen-bond acceptors (Lipinski definition) is 4. The Morgan fingerprint density at radius 1 is 0.848 bits per heavy atom. The number of anilines is 1. The first kappa shape index (κ1) is 24.2. The van der Waals surface area contributed by atoms with Gasteiger partial charge in [0.05, 0.1) is 11.4 Å². The number of carbonyl (C=O) groups excluding carboxylic acids is 2. The molecule has 3 aromatic carbocycles. The minimum atomic E-state index is -3.81. The fourth-order valence-corrected chi connectivity index (χ4v) is 4.55. The molecule has 2 amide bonds. The maximum Gasteiger partial charge on any atom is 0.251 e. The van der Waals surface area contributed by atoms with Crippen LogP contribution in [0.25, 0.3) is 0 Å². The van der Waals surface area contributed by atoms with Gasteiger partial charge in [0.15, 0.2) is 0 Å². The van der Waals surface area contributed by atoms with Crippen molar-refractivity contribution in [1.82, 2.24) is 10.0 Å². The van der Waals surface area contributed by atoms with Gasteiger partial charge in [-0.3, -0.25) is 9.59 Å². The molecule has 172 valence electrons. The molecule has 3 rings (SSSR count). The summed E-state index contributed by atoms with van der Waals surface area (Å²) in [5.41, 5.74) is 4.66. The van der Waals surface area contributed by atoms with Crippen LogP contribution in [0.1, 0.15) is 32.6 Å². The summed E-state index contributed by atoms with van der Waals surface area (Å²) in [6.07, 6.45) is 0. The van der Waals surface area contributed by atoms with Crippen LogP contribution in [0.5, 0.6) is 0 Å². The third-order valence-corrected chi connectivity index (χ3v) is 6.47. The summed E-state index contributed by atoms with van der Waals surface area (Å²) in [4.78, 5) is 24.9. The molecule has 7 nitrogen and oxygen atoms in total. The molecule has 0 bridgehead atoms. The topological polar surface area (TPSA) is 104 Å². The zero-order valence-corrected chi connectivity index (χ0v) is 19.6. The normalized spacial score (nSPS) is 11.1. The van der Waals surface area contributed by atoms with E-state index in [1.165, 1.54) is 24.3 Å². The number of benzene rings is 3. The monoisotopic (exact) mass is 465 g/mol. The lowest BCUT2D eigenvalue weighted by molar-refractivity contribution is -0.115. The van der Waals surface area contributed by atoms with E-state index < -0.39 is 15.9 Å². The molecule has 0 heterocycles. The summed E-state index contributed by atoms with van der Waals surface area (Å²) in [6.45, 7) is 5.70. The molecule has 0 unspecified atom stereocenters. The van der Waals surface area contributed by atoms with Gasteiger partial charge in [-0.05, 0) is 55.7 Å². The van der Waals surface area contributed by atoms with Crippen LogP contribution in [-0.2, 0) is 21.4 Å². The van der Waals surface area contributed by atoms with Crippen LogP contribution in [0.3, 0.4) is 0 Å². The van der Waals surface area contributed by atoms with Crippen LogP contribution in [0.2, 0.25) is 0 Å². The van der Waals surface area contributed by atoms with Gasteiger partial charge >= 0.3 is 0 Å². The van der Waals surface area contributed by atoms with Gasteiger partial charge < -0.3 is 10.6 Å². The zero-order chi connectivity index (χ0) is 24.0. The Labute approximate surface area is 194 Å². The second-order valence-corrected chi connectivity index (χ2v) is 9.61. The van der Waals surface area contributed by atoms with E-state index in [2.05, 4.69) is 15.4 Å². The summed E-state index contributed by atoms with van der Waals surface area (Å²) in [5, 5.41) is 5.36. The Hall–Kier alpha value is -3.49. The lowest BCUT2D eigenvalue weighted by Gasteiger charge is -2.13. The van der Waals surface area contributed by atoms with E-state index in [0.717, 1.165) is 27.9 Å². The van der Waals surface area contributed by atoms with Crippen LogP contribution >= 0.6 is 0 Å². The minimum absolute atomic E-state index is 0.0264. The van der Waals surface area contributed by atoms with Gasteiger partial charge in [-0.15, -0.1) is 0 Å². The average molecular weight is 466 g/mol. The van der Waals surface area contributed by atoms with E-state index in [0.29, 0.717) is 0 Å². The molecule has 0 saturated carbocycles. The Bertz CT molecular complexity index is 1250. The molecule has 8 heteroatoms. The van der Waals surface area contributed by atoms with Gasteiger partial charge in [-0.25, -0.2) is 13.1 Å². The maximum atomic E-state index is 12.6. The molecule has 0 fully saturated rings. The summed E-state index contributed by atoms with van der Waals surface area (Å²) < 4.78 is 27.8. The first-order chi connectivity index (χ1) is 15.7. The second kappa shape index (κ2) is 10.4. The Kier molecular flexibility index (Phi) is 7.63. The fourth-order valence-electron chi connectivity index (χ4n) is 3.49. The predicted molar refractivity (Wildman–Crippen MR) is 129 cm³/mol. The SMILES string of the molecule is Cc1cc(C)c(NC(=O)CNC(=O)c2cccc(S(=O)(=O)NCc3ccccc3)c2)c(C)c1. The van der Waals surface area contributed by atoms with E-state index >= 15 is 0 Å². The van der Waals surface area contributed by atoms with Crippen molar-refractivity contribution in [3.05, 3.63) is 94.5 Å². The van der Waals surface area contributed by atoms with Crippen molar-refractivity contribution in [2.24, 2.45) is 0 Å². The molecule has 3 aromatic rings. The standard InChI is InChI=1S/C25H27N3O4S/c1-17-12-18(2)24(19(3)13-17)28-23(29)16-26-25(30)21-10-7-11-22(14-21)33(31,32)27-15-20-8-5-4-6-9-20/h4-14,27H,15-16H2,1-3H3,(H,26,30)(H,28,29). The Morgan fingerprint density at radius 3 is 2.18 bits per heavy atom. The van der Waals surface area contributed by atoms with Crippen molar-refractivity contribution in [2.75, 3.05) is 11.9 Å². The Balaban J connectivity index is 1.62. The third-order valence-electron chi connectivity index (χ3n) is 5.07. The molecule has 0 aliphatic heterocycles. The molecule has 0 aromatic heterocycles. The lowest BCUT2D eigenvalue weighted by Crippen LogP contribution is -2.33. The van der Waals surface area contributed by atoms with E-state index in [9.17, 15) is 18.0 Å². The fraction of sp³-hybridized carbons (Fsp3) is 0.200. The van der Waals surface area contributed by atoms with Crippen molar-refractivity contribution in [2.45, 2.75) is 32.2 Å². The van der Waals surface area contributed by atoms with Crippen LogP contribution in [0.4, 0.5) is 5.69 Å². The van der Waals surface area contributed by atoms with Gasteiger partial charge in [0.2, 0.25) is 15.9 Å². The van der Waals surface area contributed by atoms with Gasteiger partial charge in [0.1, 0.15) is 0 Å². The summed E-state index contributed by atoms with van der Waals surface area (Å²) in [6, 6.07) is 18.8. The van der Waals surface area contributed by atoms with Crippen molar-refractivity contribution in [3.8, 4) is 0 Å². The number of rotatable bonds is 8. The van der Waals surface area contributed by atoms with Crippen LogP contribution in [0, 0.1) is 20.8 Å². The number of hydrogen-bond donors (Lipinski definition) is 3. The number of nitrogens with one attached hydrogen (secondary N) is 3. The second-order valence-electron chi connectivity index (χ2n) is 7.84. The molecule has 0 aliphatic rings. The first-order valence-electron chi connectivity index (χ1n) is 10.5. The molecule has 3 N–H and O–H groups in total. The summed E-state index contributed by atoms with van der Waals surface area (Å²) in [5.74, 6) is -0.908. The van der Waals surface area contributed by atoms with Gasteiger partial charge in [-0.2, -0.15) is 0 Å². The van der Waals surface area contributed by atoms with Crippen molar-refractivity contribution in [3.63, 3.8) is 0 Å². The molecule has 0 saturated heterocycles. The maximum absolute atomic E-state index is 12.6. The molecule has 0 atom stereocenters. The van der Waals surface area contributed by atoms with Gasteiger partial charge in [-0.1, -0.05) is 54.1 Å². The lowest BCUT2D eigenvalue weighted by atomic mass is 10.1. The molecule has 33 heavy (non-hydrogen) atoms. The molecule has 0 spiro atoms. The van der Waals surface area contributed by atoms with E-state index in [1.807, 2.05) is 63.2 Å². The first-order valence-corrected chi connectivity index (χ1v) is 11.9. The highest BCUT2D eigenvalue weighted by atomic mass is 32.2. The molecular weight excluding hydrogens is 438 g/mol. The van der Waals surface area contributed by atoms with Crippen LogP contribution in [-0.4, -0.2) is 26.8 Å². The van der Waals surface area contributed by atoms with E-state index in [-0.39, 0.29) is 29.5 Å². The largest absolute Gasteiger partial charge is 0.343 e. The predicted octanol–water partition coefficient (Wildman–Crippen LogP) is 3.46. The van der Waals surface area contributed by atoms with Crippen molar-refractivity contribution >= 4 is 27.5 Å². The zero-order valence-electron chi connectivity index (χ0n) is 18.8. The minimum Gasteiger partial charge on any atom is -0.343 e. The Morgan fingerprint density at radius 2 is 1.52 bits per heavy atom. The number of aryl methyl sites for hydroxylation is 3. The highest BCUT2D eigenvalue weighted by molar-refractivity contribution is 7.89. The summed E-state index contributed by atoms with van der Waals surface area (Å²) in [7, 11) is -3.81. The number of sulfonamides is 1.